The van der Waals surface area contributed by atoms with Crippen molar-refractivity contribution >= 4 is 17.8 Å². The number of carbonyl (C=O) groups is 3. The van der Waals surface area contributed by atoms with Crippen LogP contribution in [0.5, 0.6) is 0 Å². The van der Waals surface area contributed by atoms with Crippen molar-refractivity contribution in [3.8, 4) is 0 Å². The van der Waals surface area contributed by atoms with Crippen molar-refractivity contribution in [1.29, 1.82) is 0 Å². The van der Waals surface area contributed by atoms with Gasteiger partial charge in [-0.1, -0.05) is 12.1 Å². The Morgan fingerprint density at radius 3 is 2.30 bits per heavy atom. The van der Waals surface area contributed by atoms with Crippen LogP contribution in [0.4, 0.5) is 0 Å². The maximum atomic E-state index is 12.2. The highest BCUT2D eigenvalue weighted by Gasteiger charge is 2.16. The molecule has 0 unspecified atom stereocenters. The van der Waals surface area contributed by atoms with E-state index in [1.165, 1.54) is 12.4 Å². The van der Waals surface area contributed by atoms with Gasteiger partial charge < -0.3 is 19.8 Å². The Morgan fingerprint density at radius 2 is 1.80 bits per heavy atom. The first-order valence-corrected chi connectivity index (χ1v) is 5.53. The van der Waals surface area contributed by atoms with Gasteiger partial charge in [0.25, 0.3) is 5.91 Å². The van der Waals surface area contributed by atoms with Crippen LogP contribution >= 0.6 is 0 Å². The number of aromatic nitrogens is 2. The van der Waals surface area contributed by atoms with Gasteiger partial charge in [-0.3, -0.25) is 9.36 Å². The molecule has 1 aromatic carbocycles. The van der Waals surface area contributed by atoms with E-state index in [9.17, 15) is 24.6 Å². The molecule has 7 nitrogen and oxygen atoms in total. The van der Waals surface area contributed by atoms with E-state index < -0.39 is 23.4 Å². The summed E-state index contributed by atoms with van der Waals surface area (Å²) in [5, 5.41) is 21.8. The molecular weight excluding hydrogens is 264 g/mol. The molecule has 0 N–H and O–H groups in total. The minimum atomic E-state index is -1.57. The normalized spacial score (nSPS) is 10.2. The molecule has 1 heterocycles. The number of hydrogen-bond acceptors (Lipinski definition) is 6. The number of aryl methyl sites for hydroxylation is 1. The zero-order valence-electron chi connectivity index (χ0n) is 10.3. The minimum Gasteiger partial charge on any atom is -0.545 e. The van der Waals surface area contributed by atoms with Crippen LogP contribution in [-0.2, 0) is 0 Å². The van der Waals surface area contributed by atoms with Gasteiger partial charge in [0.1, 0.15) is 5.82 Å². The van der Waals surface area contributed by atoms with Gasteiger partial charge in [0.15, 0.2) is 0 Å². The van der Waals surface area contributed by atoms with Crippen molar-refractivity contribution in [1.82, 2.24) is 9.55 Å². The Hall–Kier alpha value is -2.96. The summed E-state index contributed by atoms with van der Waals surface area (Å²) >= 11 is 0. The number of carbonyl (C=O) groups excluding carboxylic acids is 3. The molecule has 102 valence electrons. The van der Waals surface area contributed by atoms with Gasteiger partial charge in [-0.2, -0.15) is 0 Å². The number of aromatic carboxylic acids is 2. The molecule has 0 fully saturated rings. The summed E-state index contributed by atoms with van der Waals surface area (Å²) in [5.74, 6) is -3.44. The molecular formula is C13H8N2O5-2. The summed E-state index contributed by atoms with van der Waals surface area (Å²) in [4.78, 5) is 37.9. The molecule has 20 heavy (non-hydrogen) atoms. The highest BCUT2D eigenvalue weighted by molar-refractivity contribution is 6.06. The van der Waals surface area contributed by atoms with Crippen molar-refractivity contribution in [2.75, 3.05) is 0 Å². The quantitative estimate of drug-likeness (QED) is 0.679. The Kier molecular flexibility index (Phi) is 3.34. The second-order valence-corrected chi connectivity index (χ2v) is 3.98. The lowest BCUT2D eigenvalue weighted by molar-refractivity contribution is -0.256. The molecule has 7 heteroatoms. The van der Waals surface area contributed by atoms with Gasteiger partial charge in [0, 0.05) is 23.5 Å². The summed E-state index contributed by atoms with van der Waals surface area (Å²) in [7, 11) is 0. The summed E-state index contributed by atoms with van der Waals surface area (Å²) in [6.45, 7) is 1.55. The largest absolute Gasteiger partial charge is 0.545 e. The summed E-state index contributed by atoms with van der Waals surface area (Å²) in [5.41, 5.74) is -0.989. The van der Waals surface area contributed by atoms with Gasteiger partial charge in [-0.25, -0.2) is 4.98 Å². The molecule has 0 saturated carbocycles. The van der Waals surface area contributed by atoms with Crippen LogP contribution in [0.25, 0.3) is 0 Å². The standard InChI is InChI=1S/C13H10N2O5/c1-7-14-4-5-15(7)11(16)10-6-8(12(17)18)2-3-9(10)13(19)20/h2-6H,1H3,(H,17,18)(H,19,20)/p-2. The first-order chi connectivity index (χ1) is 9.41. The van der Waals surface area contributed by atoms with E-state index in [0.29, 0.717) is 5.82 Å². The Bertz CT molecular complexity index is 717. The van der Waals surface area contributed by atoms with E-state index in [0.717, 1.165) is 22.8 Å². The van der Waals surface area contributed by atoms with Crippen molar-refractivity contribution in [2.24, 2.45) is 0 Å². The average Bonchev–Trinajstić information content (AvgIpc) is 2.83. The molecule has 2 rings (SSSR count). The fourth-order valence-corrected chi connectivity index (χ4v) is 1.75. The number of hydrogen-bond donors (Lipinski definition) is 0. The maximum Gasteiger partial charge on any atom is 0.264 e. The molecule has 1 aromatic heterocycles. The van der Waals surface area contributed by atoms with Crippen LogP contribution in [-0.4, -0.2) is 27.4 Å². The number of carboxylic acid groups (broad SMARTS) is 2. The molecule has 0 aliphatic rings. The van der Waals surface area contributed by atoms with Crippen LogP contribution in [0.2, 0.25) is 0 Å². The lowest BCUT2D eigenvalue weighted by atomic mass is 10.0. The molecule has 0 amide bonds. The third kappa shape index (κ3) is 2.28. The second kappa shape index (κ2) is 4.96. The Labute approximate surface area is 113 Å². The van der Waals surface area contributed by atoms with Gasteiger partial charge >= 0.3 is 0 Å². The first-order valence-electron chi connectivity index (χ1n) is 5.53. The predicted molar refractivity (Wildman–Crippen MR) is 61.8 cm³/mol. The highest BCUT2D eigenvalue weighted by Crippen LogP contribution is 2.14. The SMILES string of the molecule is Cc1nccn1C(=O)c1cc(C(=O)[O-])ccc1C(=O)[O-]. The Morgan fingerprint density at radius 1 is 1.10 bits per heavy atom. The van der Waals surface area contributed by atoms with Gasteiger partial charge in [0.05, 0.1) is 11.9 Å². The zero-order chi connectivity index (χ0) is 14.9. The smallest absolute Gasteiger partial charge is 0.264 e. The zero-order valence-corrected chi connectivity index (χ0v) is 10.3. The topological polar surface area (TPSA) is 115 Å². The lowest BCUT2D eigenvalue weighted by Crippen LogP contribution is -2.28. The minimum absolute atomic E-state index is 0.295. The number of benzene rings is 1. The monoisotopic (exact) mass is 272 g/mol. The fraction of sp³-hybridized carbons (Fsp3) is 0.0769. The molecule has 0 radical (unpaired) electrons. The molecule has 0 spiro atoms. The van der Waals surface area contributed by atoms with Crippen LogP contribution < -0.4 is 10.2 Å². The molecule has 0 saturated heterocycles. The number of carboxylic acids is 2. The molecule has 0 aliphatic heterocycles. The van der Waals surface area contributed by atoms with Gasteiger partial charge in [-0.05, 0) is 18.6 Å². The number of rotatable bonds is 3. The number of imidazole rings is 1. The van der Waals surface area contributed by atoms with Crippen molar-refractivity contribution in [2.45, 2.75) is 6.92 Å². The van der Waals surface area contributed by atoms with Crippen LogP contribution in [0, 0.1) is 6.92 Å². The van der Waals surface area contributed by atoms with Crippen molar-refractivity contribution in [3.05, 3.63) is 53.1 Å². The van der Waals surface area contributed by atoms with E-state index in [1.807, 2.05) is 0 Å². The molecule has 0 aliphatic carbocycles. The van der Waals surface area contributed by atoms with E-state index in [-0.39, 0.29) is 11.1 Å². The third-order valence-corrected chi connectivity index (χ3v) is 2.75. The highest BCUT2D eigenvalue weighted by atomic mass is 16.4. The van der Waals surface area contributed by atoms with E-state index in [1.54, 1.807) is 6.92 Å². The predicted octanol–water partition coefficient (Wildman–Crippen LogP) is -1.39. The summed E-state index contributed by atoms with van der Waals surface area (Å²) < 4.78 is 1.11. The summed E-state index contributed by atoms with van der Waals surface area (Å²) in [6, 6.07) is 2.99. The average molecular weight is 272 g/mol. The van der Waals surface area contributed by atoms with E-state index in [2.05, 4.69) is 4.98 Å². The first kappa shape index (κ1) is 13.5. The second-order valence-electron chi connectivity index (χ2n) is 3.98. The van der Waals surface area contributed by atoms with Crippen molar-refractivity contribution < 1.29 is 24.6 Å². The summed E-state index contributed by atoms with van der Waals surface area (Å²) in [6.07, 6.45) is 2.72. The molecule has 0 bridgehead atoms. The van der Waals surface area contributed by atoms with Crippen LogP contribution in [0.3, 0.4) is 0 Å². The van der Waals surface area contributed by atoms with E-state index >= 15 is 0 Å². The fourth-order valence-electron chi connectivity index (χ4n) is 1.75. The van der Waals surface area contributed by atoms with Gasteiger partial charge in [-0.15, -0.1) is 0 Å². The van der Waals surface area contributed by atoms with Crippen LogP contribution in [0.1, 0.15) is 36.9 Å². The third-order valence-electron chi connectivity index (χ3n) is 2.75. The molecule has 0 atom stereocenters. The van der Waals surface area contributed by atoms with Gasteiger partial charge in [0.2, 0.25) is 0 Å². The van der Waals surface area contributed by atoms with Crippen LogP contribution in [0.15, 0.2) is 30.6 Å². The maximum absolute atomic E-state index is 12.2. The number of nitrogens with zero attached hydrogens (tertiary/aromatic N) is 2. The lowest BCUT2D eigenvalue weighted by Gasteiger charge is -2.13. The van der Waals surface area contributed by atoms with Crippen molar-refractivity contribution in [3.63, 3.8) is 0 Å². The van der Waals surface area contributed by atoms with E-state index in [4.69, 9.17) is 0 Å². The molecule has 2 aromatic rings. The Balaban J connectivity index is 2.61.